The number of benzene rings is 3. The molecule has 0 N–H and O–H groups in total. The molecule has 0 unspecified atom stereocenters. The van der Waals surface area contributed by atoms with Crippen molar-refractivity contribution in [1.29, 1.82) is 0 Å². The molecule has 174 valence electrons. The minimum absolute atomic E-state index is 0.242. The molecule has 0 spiro atoms. The third kappa shape index (κ3) is 4.50. The molecule has 0 aliphatic heterocycles. The quantitative estimate of drug-likeness (QED) is 0.275. The van der Waals surface area contributed by atoms with Crippen LogP contribution in [-0.4, -0.2) is 14.8 Å². The Kier molecular flexibility index (Phi) is 4.80. The summed E-state index contributed by atoms with van der Waals surface area (Å²) in [4.78, 5) is -1.94. The van der Waals surface area contributed by atoms with Crippen LogP contribution in [0.25, 0.3) is 28.5 Å². The van der Waals surface area contributed by atoms with Gasteiger partial charge in [-0.2, -0.15) is 0 Å². The Bertz CT molecular complexity index is 1340. The molecule has 3 nitrogen and oxygen atoms in total. The molecular weight excluding hydrogens is 457 g/mol. The maximum absolute atomic E-state index is 13.2. The molecule has 0 fully saturated rings. The molecule has 0 amide bonds. The van der Waals surface area contributed by atoms with Crippen molar-refractivity contribution < 1.29 is 19.4 Å². The minimum Gasteiger partial charge on any atom is -0.274 e. The summed E-state index contributed by atoms with van der Waals surface area (Å²) in [5.74, 6) is 0.756. The molecule has 4 rings (SSSR count). The molecule has 0 atom stereocenters. The molecule has 9 heteroatoms. The molecule has 0 saturated heterocycles. The van der Waals surface area contributed by atoms with E-state index in [1.54, 1.807) is 4.57 Å². The Labute approximate surface area is 188 Å². The third-order valence-electron chi connectivity index (χ3n) is 5.39. The van der Waals surface area contributed by atoms with Gasteiger partial charge >= 0.3 is 10.2 Å². The number of rotatable bonds is 4. The number of hydrogen-bond donors (Lipinski definition) is 0. The van der Waals surface area contributed by atoms with Crippen molar-refractivity contribution in [3.63, 3.8) is 0 Å². The van der Waals surface area contributed by atoms with Crippen LogP contribution >= 0.6 is 10.2 Å². The third-order valence-corrected chi connectivity index (χ3v) is 6.55. The van der Waals surface area contributed by atoms with Crippen LogP contribution in [0.15, 0.2) is 65.6 Å². The number of hydrogen-bond acceptors (Lipinski definition) is 2. The van der Waals surface area contributed by atoms with Crippen LogP contribution in [0.5, 0.6) is 0 Å². The lowest BCUT2D eigenvalue weighted by molar-refractivity contribution is 0.364. The summed E-state index contributed by atoms with van der Waals surface area (Å²) in [6, 6.07) is 14.4. The maximum Gasteiger partial charge on any atom is 0.310 e. The normalized spacial score (nSPS) is 14.1. The second-order valence-electron chi connectivity index (χ2n) is 8.29. The lowest BCUT2D eigenvalue weighted by Crippen LogP contribution is -2.07. The number of halogens is 5. The van der Waals surface area contributed by atoms with Crippen LogP contribution in [0, 0.1) is 27.7 Å². The molecule has 3 aromatic carbocycles. The molecule has 1 aromatic heterocycles. The van der Waals surface area contributed by atoms with E-state index in [1.165, 1.54) is 0 Å². The second-order valence-corrected chi connectivity index (χ2v) is 10.7. The standard InChI is InChI=1S/C24H22F5N3S/c1-15-5-7-19(8-6-15)23-30-31-24(32(23)22-17(3)13-16(2)14-18(22)4)20-9-11-21(12-10-20)33(25,26,27,28)29/h5-14H,1-4H3. The Morgan fingerprint density at radius 2 is 1.03 bits per heavy atom. The van der Waals surface area contributed by atoms with Gasteiger partial charge < -0.3 is 0 Å². The van der Waals surface area contributed by atoms with Crippen LogP contribution in [0.2, 0.25) is 0 Å². The van der Waals surface area contributed by atoms with Gasteiger partial charge in [-0.3, -0.25) is 4.57 Å². The average molecular weight is 480 g/mol. The predicted octanol–water partition coefficient (Wildman–Crippen LogP) is 8.49. The second kappa shape index (κ2) is 6.90. The highest BCUT2D eigenvalue weighted by atomic mass is 32.5. The summed E-state index contributed by atoms with van der Waals surface area (Å²) in [5.41, 5.74) is 5.75. The van der Waals surface area contributed by atoms with Gasteiger partial charge in [0.05, 0.1) is 5.69 Å². The molecule has 4 aromatic rings. The van der Waals surface area contributed by atoms with Crippen molar-refractivity contribution in [1.82, 2.24) is 14.8 Å². The van der Waals surface area contributed by atoms with Gasteiger partial charge in [0.25, 0.3) is 0 Å². The Morgan fingerprint density at radius 3 is 1.45 bits per heavy atom. The first-order chi connectivity index (χ1) is 15.1. The van der Waals surface area contributed by atoms with E-state index in [4.69, 9.17) is 0 Å². The lowest BCUT2D eigenvalue weighted by atomic mass is 10.0. The largest absolute Gasteiger partial charge is 0.310 e. The number of aryl methyl sites for hydroxylation is 4. The highest BCUT2D eigenvalue weighted by molar-refractivity contribution is 8.45. The zero-order valence-corrected chi connectivity index (χ0v) is 19.2. The van der Waals surface area contributed by atoms with Crippen molar-refractivity contribution in [2.45, 2.75) is 32.6 Å². The smallest absolute Gasteiger partial charge is 0.274 e. The van der Waals surface area contributed by atoms with E-state index in [-0.39, 0.29) is 11.4 Å². The van der Waals surface area contributed by atoms with E-state index >= 15 is 0 Å². The molecule has 0 bridgehead atoms. The van der Waals surface area contributed by atoms with Crippen LogP contribution in [0.4, 0.5) is 19.4 Å². The Morgan fingerprint density at radius 1 is 0.606 bits per heavy atom. The van der Waals surface area contributed by atoms with Gasteiger partial charge in [0.1, 0.15) is 4.90 Å². The van der Waals surface area contributed by atoms with E-state index in [1.807, 2.05) is 64.1 Å². The summed E-state index contributed by atoms with van der Waals surface area (Å²) in [7, 11) is -9.77. The molecule has 1 heterocycles. The van der Waals surface area contributed by atoms with Gasteiger partial charge in [0, 0.05) is 11.1 Å². The summed E-state index contributed by atoms with van der Waals surface area (Å²) >= 11 is 0. The lowest BCUT2D eigenvalue weighted by Gasteiger charge is -2.40. The van der Waals surface area contributed by atoms with Gasteiger partial charge in [0.15, 0.2) is 11.6 Å². The van der Waals surface area contributed by atoms with E-state index in [0.29, 0.717) is 18.0 Å². The minimum atomic E-state index is -9.77. The fraction of sp³-hybridized carbons (Fsp3) is 0.167. The first-order valence-electron chi connectivity index (χ1n) is 10.1. The summed E-state index contributed by atoms with van der Waals surface area (Å²) in [6.07, 6.45) is 0. The molecular formula is C24H22F5N3S. The predicted molar refractivity (Wildman–Crippen MR) is 123 cm³/mol. The zero-order chi connectivity index (χ0) is 24.2. The average Bonchev–Trinajstić information content (AvgIpc) is 3.11. The topological polar surface area (TPSA) is 30.7 Å². The van der Waals surface area contributed by atoms with E-state index in [9.17, 15) is 19.4 Å². The van der Waals surface area contributed by atoms with E-state index in [2.05, 4.69) is 10.2 Å². The summed E-state index contributed by atoms with van der Waals surface area (Å²) in [6.45, 7) is 7.77. The maximum atomic E-state index is 13.2. The fourth-order valence-electron chi connectivity index (χ4n) is 3.96. The molecule has 0 aliphatic rings. The van der Waals surface area contributed by atoms with Crippen molar-refractivity contribution >= 4 is 10.2 Å². The number of aromatic nitrogens is 3. The molecule has 0 saturated carbocycles. The molecule has 0 aliphatic carbocycles. The Hall–Kier alpha value is -3.20. The van der Waals surface area contributed by atoms with Gasteiger partial charge in [-0.15, -0.1) is 10.2 Å². The van der Waals surface area contributed by atoms with Crippen molar-refractivity contribution in [3.8, 4) is 28.5 Å². The van der Waals surface area contributed by atoms with Gasteiger partial charge in [-0.25, -0.2) is 0 Å². The first-order valence-corrected chi connectivity index (χ1v) is 12.0. The highest BCUT2D eigenvalue weighted by Gasteiger charge is 2.65. The van der Waals surface area contributed by atoms with Gasteiger partial charge in [-0.1, -0.05) is 67.0 Å². The summed E-state index contributed by atoms with van der Waals surface area (Å²) < 4.78 is 67.7. The first kappa shape index (κ1) is 23.0. The van der Waals surface area contributed by atoms with Crippen LogP contribution in [0.1, 0.15) is 22.3 Å². The fourth-order valence-corrected chi connectivity index (χ4v) is 4.61. The Balaban J connectivity index is 1.97. The monoisotopic (exact) mass is 479 g/mol. The van der Waals surface area contributed by atoms with Gasteiger partial charge in [0.2, 0.25) is 0 Å². The van der Waals surface area contributed by atoms with Crippen molar-refractivity contribution in [2.24, 2.45) is 0 Å². The highest BCUT2D eigenvalue weighted by Crippen LogP contribution is 3.02. The summed E-state index contributed by atoms with van der Waals surface area (Å²) in [5, 5.41) is 8.57. The number of nitrogens with zero attached hydrogens (tertiary/aromatic N) is 3. The van der Waals surface area contributed by atoms with Gasteiger partial charge in [-0.05, 0) is 63.1 Å². The SMILES string of the molecule is Cc1ccc(-c2nnc(-c3ccc(S(F)(F)(F)(F)F)cc3)n2-c2c(C)cc(C)cc2C)cc1. The van der Waals surface area contributed by atoms with Crippen molar-refractivity contribution in [3.05, 3.63) is 82.9 Å². The molecule has 0 radical (unpaired) electrons. The van der Waals surface area contributed by atoms with Crippen molar-refractivity contribution in [2.75, 3.05) is 0 Å². The zero-order valence-electron chi connectivity index (χ0n) is 18.4. The van der Waals surface area contributed by atoms with Crippen LogP contribution < -0.4 is 0 Å². The van der Waals surface area contributed by atoms with E-state index in [0.717, 1.165) is 45.6 Å². The van der Waals surface area contributed by atoms with Crippen LogP contribution in [0.3, 0.4) is 0 Å². The van der Waals surface area contributed by atoms with Crippen LogP contribution in [-0.2, 0) is 0 Å². The molecule has 33 heavy (non-hydrogen) atoms. The van der Waals surface area contributed by atoms with E-state index < -0.39 is 15.1 Å².